The zero-order valence-electron chi connectivity index (χ0n) is 19.2. The fraction of sp³-hybridized carbons (Fsp3) is 0.200. The third kappa shape index (κ3) is 6.64. The lowest BCUT2D eigenvalue weighted by molar-refractivity contribution is 0.415. The number of pyridine rings is 1. The standard InChI is InChI=1S/C25H23ClN6O.2ClH/c1-32(12-10-19-5-3-4-11-28-19)25-20-8-6-17(15-27)13-21(20)24(30-31-25)29-16-18-7-9-23(33-2)22(26)14-18;;/h3-9,11,13-14H,10,12,16H2,1-2H3,(H,29,30);2*1H. The van der Waals surface area contributed by atoms with Crippen molar-refractivity contribution in [2.75, 3.05) is 30.9 Å². The van der Waals surface area contributed by atoms with Crippen molar-refractivity contribution >= 4 is 58.8 Å². The van der Waals surface area contributed by atoms with Crippen LogP contribution in [0.3, 0.4) is 0 Å². The van der Waals surface area contributed by atoms with Crippen molar-refractivity contribution in [1.29, 1.82) is 5.26 Å². The number of halogens is 3. The summed E-state index contributed by atoms with van der Waals surface area (Å²) in [5.74, 6) is 1.99. The zero-order chi connectivity index (χ0) is 23.2. The molecule has 4 rings (SSSR count). The van der Waals surface area contributed by atoms with Gasteiger partial charge in [0.2, 0.25) is 0 Å². The van der Waals surface area contributed by atoms with E-state index in [0.717, 1.165) is 40.8 Å². The maximum absolute atomic E-state index is 9.41. The number of nitrogens with zero attached hydrogens (tertiary/aromatic N) is 5. The van der Waals surface area contributed by atoms with E-state index >= 15 is 0 Å². The Hall–Kier alpha value is -3.31. The lowest BCUT2D eigenvalue weighted by Gasteiger charge is -2.20. The number of likely N-dealkylation sites (N-methyl/N-ethyl adjacent to an activating group) is 1. The summed E-state index contributed by atoms with van der Waals surface area (Å²) < 4.78 is 5.22. The Morgan fingerprint density at radius 1 is 1.06 bits per heavy atom. The molecule has 10 heteroatoms. The maximum Gasteiger partial charge on any atom is 0.159 e. The number of nitrogens with one attached hydrogen (secondary N) is 1. The Labute approximate surface area is 221 Å². The minimum atomic E-state index is 0. The van der Waals surface area contributed by atoms with Gasteiger partial charge in [0.1, 0.15) is 5.75 Å². The Morgan fingerprint density at radius 3 is 2.57 bits per heavy atom. The van der Waals surface area contributed by atoms with Crippen molar-refractivity contribution in [3.8, 4) is 11.8 Å². The van der Waals surface area contributed by atoms with Crippen LogP contribution in [0.15, 0.2) is 60.8 Å². The highest BCUT2D eigenvalue weighted by atomic mass is 35.5. The van der Waals surface area contributed by atoms with Crippen molar-refractivity contribution in [1.82, 2.24) is 15.2 Å². The largest absolute Gasteiger partial charge is 0.495 e. The Kier molecular flexibility index (Phi) is 10.3. The second-order valence-corrected chi connectivity index (χ2v) is 7.97. The predicted molar refractivity (Wildman–Crippen MR) is 145 cm³/mol. The highest BCUT2D eigenvalue weighted by Gasteiger charge is 2.14. The van der Waals surface area contributed by atoms with Gasteiger partial charge in [-0.1, -0.05) is 23.7 Å². The summed E-state index contributed by atoms with van der Waals surface area (Å²) in [5, 5.41) is 24.0. The van der Waals surface area contributed by atoms with Crippen LogP contribution < -0.4 is 15.0 Å². The first-order chi connectivity index (χ1) is 16.1. The van der Waals surface area contributed by atoms with Gasteiger partial charge in [-0.15, -0.1) is 35.0 Å². The van der Waals surface area contributed by atoms with Gasteiger partial charge in [-0.3, -0.25) is 4.98 Å². The quantitative estimate of drug-likeness (QED) is 0.312. The molecule has 0 saturated heterocycles. The molecule has 0 fully saturated rings. The van der Waals surface area contributed by atoms with E-state index in [1.807, 2.05) is 55.6 Å². The first-order valence-corrected chi connectivity index (χ1v) is 10.8. The normalized spacial score (nSPS) is 10.0. The summed E-state index contributed by atoms with van der Waals surface area (Å²) in [5.41, 5.74) is 2.56. The van der Waals surface area contributed by atoms with Gasteiger partial charge in [0.15, 0.2) is 11.6 Å². The number of hydrogen-bond donors (Lipinski definition) is 1. The lowest BCUT2D eigenvalue weighted by atomic mass is 10.1. The van der Waals surface area contributed by atoms with Gasteiger partial charge in [-0.25, -0.2) is 0 Å². The van der Waals surface area contributed by atoms with Crippen molar-refractivity contribution in [3.63, 3.8) is 0 Å². The molecule has 0 amide bonds. The number of rotatable bonds is 8. The van der Waals surface area contributed by atoms with E-state index in [9.17, 15) is 5.26 Å². The molecule has 7 nitrogen and oxygen atoms in total. The molecule has 2 aromatic heterocycles. The van der Waals surface area contributed by atoms with E-state index < -0.39 is 0 Å². The topological polar surface area (TPSA) is 87.0 Å². The first-order valence-electron chi connectivity index (χ1n) is 10.5. The molecule has 0 spiro atoms. The number of methoxy groups -OCH3 is 1. The Balaban J connectivity index is 0.00000216. The Morgan fingerprint density at radius 2 is 1.89 bits per heavy atom. The van der Waals surface area contributed by atoms with Crippen LogP contribution in [0.4, 0.5) is 11.6 Å². The number of anilines is 2. The van der Waals surface area contributed by atoms with E-state index in [1.54, 1.807) is 19.4 Å². The molecule has 0 aliphatic carbocycles. The van der Waals surface area contributed by atoms with Crippen LogP contribution in [0.1, 0.15) is 16.8 Å². The Bertz CT molecular complexity index is 1310. The van der Waals surface area contributed by atoms with Gasteiger partial charge >= 0.3 is 0 Å². The van der Waals surface area contributed by atoms with E-state index in [1.165, 1.54) is 0 Å². The number of nitriles is 1. The van der Waals surface area contributed by atoms with Crippen molar-refractivity contribution in [3.05, 3.63) is 82.6 Å². The molecule has 2 heterocycles. The molecule has 0 aliphatic rings. The molecule has 0 atom stereocenters. The molecule has 0 aliphatic heterocycles. The van der Waals surface area contributed by atoms with E-state index in [4.69, 9.17) is 16.3 Å². The van der Waals surface area contributed by atoms with Crippen LogP contribution in [0.25, 0.3) is 10.8 Å². The van der Waals surface area contributed by atoms with Crippen LogP contribution in [-0.4, -0.2) is 35.9 Å². The van der Waals surface area contributed by atoms with Crippen LogP contribution >= 0.6 is 36.4 Å². The first kappa shape index (κ1) is 27.9. The molecule has 1 N–H and O–H groups in total. The van der Waals surface area contributed by atoms with Crippen molar-refractivity contribution in [2.24, 2.45) is 0 Å². The van der Waals surface area contributed by atoms with Crippen molar-refractivity contribution < 1.29 is 4.74 Å². The summed E-state index contributed by atoms with van der Waals surface area (Å²) in [4.78, 5) is 6.45. The van der Waals surface area contributed by atoms with Crippen LogP contribution in [0.5, 0.6) is 5.75 Å². The molecule has 0 saturated carbocycles. The molecular weight excluding hydrogens is 507 g/mol. The fourth-order valence-electron chi connectivity index (χ4n) is 3.56. The van der Waals surface area contributed by atoms with Crippen molar-refractivity contribution in [2.45, 2.75) is 13.0 Å². The fourth-order valence-corrected chi connectivity index (χ4v) is 3.84. The summed E-state index contributed by atoms with van der Waals surface area (Å²) in [6.45, 7) is 1.23. The highest BCUT2D eigenvalue weighted by Crippen LogP contribution is 2.30. The zero-order valence-corrected chi connectivity index (χ0v) is 21.6. The molecule has 0 radical (unpaired) electrons. The van der Waals surface area contributed by atoms with Crippen LogP contribution in [0, 0.1) is 11.3 Å². The summed E-state index contributed by atoms with van der Waals surface area (Å²) in [6.07, 6.45) is 2.58. The lowest BCUT2D eigenvalue weighted by Crippen LogP contribution is -2.22. The molecular formula is C25H25Cl3N6O. The van der Waals surface area contributed by atoms with Gasteiger partial charge in [-0.2, -0.15) is 5.26 Å². The van der Waals surface area contributed by atoms with E-state index in [2.05, 4.69) is 31.5 Å². The summed E-state index contributed by atoms with van der Waals surface area (Å²) >= 11 is 6.25. The smallest absolute Gasteiger partial charge is 0.159 e. The monoisotopic (exact) mass is 530 g/mol. The molecule has 4 aromatic rings. The third-order valence-electron chi connectivity index (χ3n) is 5.36. The SMILES string of the molecule is COc1ccc(CNc2nnc(N(C)CCc3ccccn3)c3ccc(C#N)cc23)cc1Cl.Cl.Cl. The van der Waals surface area contributed by atoms with Gasteiger partial charge in [-0.05, 0) is 48.0 Å². The minimum Gasteiger partial charge on any atom is -0.495 e. The second kappa shape index (κ2) is 13.0. The van der Waals surface area contributed by atoms with E-state index in [0.29, 0.717) is 28.7 Å². The second-order valence-electron chi connectivity index (χ2n) is 7.56. The molecule has 2 aromatic carbocycles. The average molecular weight is 532 g/mol. The maximum atomic E-state index is 9.41. The van der Waals surface area contributed by atoms with Crippen LogP contribution in [-0.2, 0) is 13.0 Å². The number of ether oxygens (including phenoxy) is 1. The molecule has 35 heavy (non-hydrogen) atoms. The minimum absolute atomic E-state index is 0. The third-order valence-corrected chi connectivity index (χ3v) is 5.65. The summed E-state index contributed by atoms with van der Waals surface area (Å²) in [6, 6.07) is 19.3. The number of fused-ring (bicyclic) bond motifs is 1. The van der Waals surface area contributed by atoms with E-state index in [-0.39, 0.29) is 24.8 Å². The van der Waals surface area contributed by atoms with Crippen LogP contribution in [0.2, 0.25) is 5.02 Å². The predicted octanol–water partition coefficient (Wildman–Crippen LogP) is 5.69. The highest BCUT2D eigenvalue weighted by molar-refractivity contribution is 6.32. The van der Waals surface area contributed by atoms with Gasteiger partial charge in [0, 0.05) is 49.2 Å². The molecule has 0 unspecified atom stereocenters. The summed E-state index contributed by atoms with van der Waals surface area (Å²) in [7, 11) is 3.57. The molecule has 0 bridgehead atoms. The number of benzene rings is 2. The van der Waals surface area contributed by atoms with Gasteiger partial charge in [0.05, 0.1) is 23.8 Å². The average Bonchev–Trinajstić information content (AvgIpc) is 2.86. The van der Waals surface area contributed by atoms with Gasteiger partial charge < -0.3 is 15.0 Å². The number of hydrogen-bond acceptors (Lipinski definition) is 7. The van der Waals surface area contributed by atoms with Gasteiger partial charge in [0.25, 0.3) is 0 Å². The molecule has 182 valence electrons. The number of aromatic nitrogens is 3.